The zero-order chi connectivity index (χ0) is 14.5. The van der Waals surface area contributed by atoms with E-state index in [-0.39, 0.29) is 24.4 Å². The predicted molar refractivity (Wildman–Crippen MR) is 78.9 cm³/mol. The van der Waals surface area contributed by atoms with Gasteiger partial charge in [-0.15, -0.1) is 0 Å². The van der Waals surface area contributed by atoms with Crippen LogP contribution in [0.25, 0.3) is 0 Å². The predicted octanol–water partition coefficient (Wildman–Crippen LogP) is 1.46. The van der Waals surface area contributed by atoms with Crippen molar-refractivity contribution >= 4 is 29.1 Å². The van der Waals surface area contributed by atoms with Gasteiger partial charge in [0, 0.05) is 29.7 Å². The van der Waals surface area contributed by atoms with Crippen LogP contribution < -0.4 is 16.0 Å². The average Bonchev–Trinajstić information content (AvgIpc) is 2.80. The number of carbonyl (C=O) groups excluding carboxylic acids is 2. The smallest absolute Gasteiger partial charge is 0.238 e. The molecule has 5 nitrogen and oxygen atoms in total. The van der Waals surface area contributed by atoms with E-state index in [4.69, 9.17) is 11.6 Å². The molecule has 1 saturated heterocycles. The number of anilines is 1. The molecule has 0 spiro atoms. The first kappa shape index (κ1) is 14.8. The molecule has 1 aromatic carbocycles. The lowest BCUT2D eigenvalue weighted by Crippen LogP contribution is -2.38. The van der Waals surface area contributed by atoms with Crippen LogP contribution in [0.5, 0.6) is 0 Å². The van der Waals surface area contributed by atoms with Crippen molar-refractivity contribution in [3.63, 3.8) is 0 Å². The Bertz CT molecular complexity index is 519. The first-order chi connectivity index (χ1) is 9.54. The molecule has 20 heavy (non-hydrogen) atoms. The molecule has 0 aliphatic carbocycles. The molecule has 2 amide bonds. The molecule has 0 bridgehead atoms. The molecule has 1 aliphatic heterocycles. The minimum atomic E-state index is -0.125. The third kappa shape index (κ3) is 4.21. The number of amides is 2. The summed E-state index contributed by atoms with van der Waals surface area (Å²) in [5.74, 6) is -0.0458. The fourth-order valence-electron chi connectivity index (χ4n) is 2.11. The number of aryl methyl sites for hydroxylation is 1. The summed E-state index contributed by atoms with van der Waals surface area (Å²) in [6, 6.07) is 5.50. The summed E-state index contributed by atoms with van der Waals surface area (Å²) in [4.78, 5) is 22.8. The van der Waals surface area contributed by atoms with E-state index in [2.05, 4.69) is 16.0 Å². The topological polar surface area (TPSA) is 70.2 Å². The lowest BCUT2D eigenvalue weighted by atomic mass is 10.2. The Morgan fingerprint density at radius 3 is 3.00 bits per heavy atom. The first-order valence-corrected chi connectivity index (χ1v) is 6.98. The Balaban J connectivity index is 1.75. The standard InChI is InChI=1S/C14H18ClN3O2/c1-9-2-3-10(15)6-12(9)18-14(20)8-16-7-11-4-5-13(19)17-11/h2-3,6,11,16H,4-5,7-8H2,1H3,(H,17,19)(H,18,20). The molecule has 0 radical (unpaired) electrons. The molecule has 0 aromatic heterocycles. The summed E-state index contributed by atoms with van der Waals surface area (Å²) in [6.07, 6.45) is 1.39. The van der Waals surface area contributed by atoms with Crippen LogP contribution >= 0.6 is 11.6 Å². The Hall–Kier alpha value is -1.59. The lowest BCUT2D eigenvalue weighted by Gasteiger charge is -2.12. The zero-order valence-electron chi connectivity index (χ0n) is 11.3. The highest BCUT2D eigenvalue weighted by atomic mass is 35.5. The summed E-state index contributed by atoms with van der Waals surface area (Å²) in [5, 5.41) is 9.29. The van der Waals surface area contributed by atoms with Crippen LogP contribution in [0.1, 0.15) is 18.4 Å². The highest BCUT2D eigenvalue weighted by Gasteiger charge is 2.20. The van der Waals surface area contributed by atoms with Gasteiger partial charge in [0.2, 0.25) is 11.8 Å². The quantitative estimate of drug-likeness (QED) is 0.770. The second kappa shape index (κ2) is 6.72. The Labute approximate surface area is 123 Å². The van der Waals surface area contributed by atoms with Gasteiger partial charge in [0.15, 0.2) is 0 Å². The van der Waals surface area contributed by atoms with Gasteiger partial charge in [0.25, 0.3) is 0 Å². The maximum absolute atomic E-state index is 11.8. The number of nitrogens with one attached hydrogen (secondary N) is 3. The third-order valence-corrected chi connectivity index (χ3v) is 3.47. The first-order valence-electron chi connectivity index (χ1n) is 6.60. The Kier molecular flexibility index (Phi) is 4.98. The van der Waals surface area contributed by atoms with Crippen molar-refractivity contribution in [2.24, 2.45) is 0 Å². The van der Waals surface area contributed by atoms with Crippen molar-refractivity contribution in [3.8, 4) is 0 Å². The van der Waals surface area contributed by atoms with Crippen molar-refractivity contribution in [2.75, 3.05) is 18.4 Å². The van der Waals surface area contributed by atoms with Crippen LogP contribution in [0.4, 0.5) is 5.69 Å². The number of benzene rings is 1. The molecule has 1 aromatic rings. The van der Waals surface area contributed by atoms with Gasteiger partial charge in [0.05, 0.1) is 6.54 Å². The number of halogens is 1. The minimum Gasteiger partial charge on any atom is -0.352 e. The van der Waals surface area contributed by atoms with Crippen molar-refractivity contribution in [2.45, 2.75) is 25.8 Å². The van der Waals surface area contributed by atoms with E-state index in [9.17, 15) is 9.59 Å². The van der Waals surface area contributed by atoms with E-state index in [0.717, 1.165) is 17.7 Å². The van der Waals surface area contributed by atoms with Crippen molar-refractivity contribution in [3.05, 3.63) is 28.8 Å². The van der Waals surface area contributed by atoms with Gasteiger partial charge in [-0.1, -0.05) is 17.7 Å². The van der Waals surface area contributed by atoms with E-state index in [1.807, 2.05) is 13.0 Å². The van der Waals surface area contributed by atoms with Crippen LogP contribution in [0.3, 0.4) is 0 Å². The van der Waals surface area contributed by atoms with E-state index in [1.165, 1.54) is 0 Å². The summed E-state index contributed by atoms with van der Waals surface area (Å²) < 4.78 is 0. The number of carbonyl (C=O) groups is 2. The number of rotatable bonds is 5. The highest BCUT2D eigenvalue weighted by molar-refractivity contribution is 6.31. The van der Waals surface area contributed by atoms with Gasteiger partial charge in [-0.05, 0) is 31.0 Å². The zero-order valence-corrected chi connectivity index (χ0v) is 12.1. The molecule has 1 atom stereocenters. The largest absolute Gasteiger partial charge is 0.352 e. The summed E-state index contributed by atoms with van der Waals surface area (Å²) in [5.41, 5.74) is 1.68. The van der Waals surface area contributed by atoms with Gasteiger partial charge in [0.1, 0.15) is 0 Å². The minimum absolute atomic E-state index is 0.0794. The van der Waals surface area contributed by atoms with Gasteiger partial charge in [-0.3, -0.25) is 9.59 Å². The molecular formula is C14H18ClN3O2. The monoisotopic (exact) mass is 295 g/mol. The number of hydrogen-bond donors (Lipinski definition) is 3. The second-order valence-electron chi connectivity index (χ2n) is 4.94. The van der Waals surface area contributed by atoms with Crippen molar-refractivity contribution in [1.82, 2.24) is 10.6 Å². The molecule has 1 heterocycles. The SMILES string of the molecule is Cc1ccc(Cl)cc1NC(=O)CNCC1CCC(=O)N1. The summed E-state index contributed by atoms with van der Waals surface area (Å²) >= 11 is 5.90. The van der Waals surface area contributed by atoms with E-state index in [0.29, 0.717) is 18.0 Å². The van der Waals surface area contributed by atoms with Crippen molar-refractivity contribution < 1.29 is 9.59 Å². The van der Waals surface area contributed by atoms with Gasteiger partial charge >= 0.3 is 0 Å². The fourth-order valence-corrected chi connectivity index (χ4v) is 2.29. The average molecular weight is 296 g/mol. The molecular weight excluding hydrogens is 278 g/mol. The van der Waals surface area contributed by atoms with E-state index >= 15 is 0 Å². The Morgan fingerprint density at radius 2 is 2.30 bits per heavy atom. The van der Waals surface area contributed by atoms with Crippen molar-refractivity contribution in [1.29, 1.82) is 0 Å². The van der Waals surface area contributed by atoms with Crippen LogP contribution in [-0.2, 0) is 9.59 Å². The maximum Gasteiger partial charge on any atom is 0.238 e. The van der Waals surface area contributed by atoms with E-state index in [1.54, 1.807) is 12.1 Å². The summed E-state index contributed by atoms with van der Waals surface area (Å²) in [6.45, 7) is 2.72. The van der Waals surface area contributed by atoms with Gasteiger partial charge in [-0.2, -0.15) is 0 Å². The second-order valence-corrected chi connectivity index (χ2v) is 5.38. The molecule has 2 rings (SSSR count). The highest BCUT2D eigenvalue weighted by Crippen LogP contribution is 2.19. The third-order valence-electron chi connectivity index (χ3n) is 3.23. The van der Waals surface area contributed by atoms with E-state index < -0.39 is 0 Å². The van der Waals surface area contributed by atoms with Gasteiger partial charge < -0.3 is 16.0 Å². The molecule has 3 N–H and O–H groups in total. The molecule has 0 saturated carbocycles. The summed E-state index contributed by atoms with van der Waals surface area (Å²) in [7, 11) is 0. The number of hydrogen-bond acceptors (Lipinski definition) is 3. The molecule has 1 unspecified atom stereocenters. The van der Waals surface area contributed by atoms with Crippen LogP contribution in [-0.4, -0.2) is 30.9 Å². The van der Waals surface area contributed by atoms with Crippen LogP contribution in [0.2, 0.25) is 5.02 Å². The molecule has 1 aliphatic rings. The Morgan fingerprint density at radius 1 is 1.50 bits per heavy atom. The maximum atomic E-state index is 11.8. The van der Waals surface area contributed by atoms with Gasteiger partial charge in [-0.25, -0.2) is 0 Å². The molecule has 6 heteroatoms. The van der Waals surface area contributed by atoms with Crippen LogP contribution in [0, 0.1) is 6.92 Å². The van der Waals surface area contributed by atoms with Crippen LogP contribution in [0.15, 0.2) is 18.2 Å². The molecule has 1 fully saturated rings. The fraction of sp³-hybridized carbons (Fsp3) is 0.429. The normalized spacial score (nSPS) is 17.9. The molecule has 108 valence electrons. The lowest BCUT2D eigenvalue weighted by molar-refractivity contribution is -0.119.